The molecule has 0 aliphatic rings. The first-order chi connectivity index (χ1) is 6.46. The number of esters is 1. The normalized spacial score (nSPS) is 17.1. The maximum absolute atomic E-state index is 9.71. The number of nitrogens with two attached hydrogens (primary N) is 1. The second-order valence-corrected chi connectivity index (χ2v) is 6.27. The van der Waals surface area contributed by atoms with Gasteiger partial charge in [0.25, 0.3) is 0 Å². The maximum atomic E-state index is 9.71. The van der Waals surface area contributed by atoms with Gasteiger partial charge in [0.05, 0.1) is 6.04 Å². The van der Waals surface area contributed by atoms with E-state index in [1.807, 2.05) is 27.7 Å². The van der Waals surface area contributed by atoms with Crippen LogP contribution in [0.2, 0.25) is 0 Å². The van der Waals surface area contributed by atoms with Crippen LogP contribution in [0.4, 0.5) is 0 Å². The lowest BCUT2D eigenvalue weighted by molar-refractivity contribution is 0.0913. The van der Waals surface area contributed by atoms with E-state index in [4.69, 9.17) is 10.5 Å². The van der Waals surface area contributed by atoms with Crippen molar-refractivity contribution in [2.45, 2.75) is 60.6 Å². The lowest BCUT2D eigenvalue weighted by Gasteiger charge is -2.28. The van der Waals surface area contributed by atoms with E-state index < -0.39 is 0 Å². The van der Waals surface area contributed by atoms with E-state index in [2.05, 4.69) is 20.8 Å². The fraction of sp³-hybridized carbons (Fsp3) is 0.917. The van der Waals surface area contributed by atoms with Crippen molar-refractivity contribution < 1.29 is 9.53 Å². The average molecular weight is 216 g/mol. The third-order valence-corrected chi connectivity index (χ3v) is 2.44. The molecule has 0 bridgehead atoms. The zero-order chi connectivity index (χ0) is 12.4. The molecule has 3 nitrogen and oxygen atoms in total. The highest BCUT2D eigenvalue weighted by molar-refractivity contribution is 5.76. The molecule has 0 spiro atoms. The molecule has 0 fully saturated rings. The van der Waals surface area contributed by atoms with Gasteiger partial charge in [-0.15, -0.1) is 0 Å². The predicted molar refractivity (Wildman–Crippen MR) is 64.4 cm³/mol. The first-order valence-corrected chi connectivity index (χ1v) is 5.45. The molecule has 0 saturated carbocycles. The smallest absolute Gasteiger partial charge is 0.339 e. The highest BCUT2D eigenvalue weighted by Crippen LogP contribution is 2.23. The molecule has 0 saturated heterocycles. The minimum atomic E-state index is -0.355. The Hall–Kier alpha value is -0.570. The van der Waals surface area contributed by atoms with E-state index in [9.17, 15) is 4.79 Å². The van der Waals surface area contributed by atoms with Crippen molar-refractivity contribution in [2.75, 3.05) is 0 Å². The molecule has 0 aromatic heterocycles. The van der Waals surface area contributed by atoms with Gasteiger partial charge in [-0.25, -0.2) is 0 Å². The fourth-order valence-corrected chi connectivity index (χ4v) is 1.13. The van der Waals surface area contributed by atoms with Gasteiger partial charge in [0.2, 0.25) is 6.10 Å². The zero-order valence-electron chi connectivity index (χ0n) is 11.1. The summed E-state index contributed by atoms with van der Waals surface area (Å²) in [6.45, 7) is 13.8. The molecule has 0 radical (unpaired) electrons. The molecule has 0 aliphatic heterocycles. The Morgan fingerprint density at radius 1 is 1.13 bits per heavy atom. The van der Waals surface area contributed by atoms with Crippen LogP contribution in [0.15, 0.2) is 0 Å². The molecule has 0 amide bonds. The van der Waals surface area contributed by atoms with Gasteiger partial charge in [0, 0.05) is 6.92 Å². The first-order valence-electron chi connectivity index (χ1n) is 5.45. The van der Waals surface area contributed by atoms with Crippen molar-refractivity contribution in [3.8, 4) is 0 Å². The molecule has 3 heteroatoms. The van der Waals surface area contributed by atoms with Gasteiger partial charge < -0.3 is 15.3 Å². The summed E-state index contributed by atoms with van der Waals surface area (Å²) in [6, 6.07) is -0.109. The third-order valence-electron chi connectivity index (χ3n) is 2.44. The Morgan fingerprint density at radius 3 is 1.80 bits per heavy atom. The van der Waals surface area contributed by atoms with E-state index >= 15 is 0 Å². The van der Waals surface area contributed by atoms with Crippen LogP contribution in [0, 0.1) is 10.8 Å². The summed E-state index contributed by atoms with van der Waals surface area (Å²) in [7, 11) is 0. The van der Waals surface area contributed by atoms with Crippen molar-refractivity contribution >= 4 is 5.97 Å². The van der Waals surface area contributed by atoms with Gasteiger partial charge in [0.1, 0.15) is 5.41 Å². The Labute approximate surface area is 93.4 Å². The van der Waals surface area contributed by atoms with Crippen molar-refractivity contribution in [1.82, 2.24) is 0 Å². The summed E-state index contributed by atoms with van der Waals surface area (Å²) >= 11 is 0. The van der Waals surface area contributed by atoms with Crippen LogP contribution in [0.3, 0.4) is 0 Å². The van der Waals surface area contributed by atoms with Crippen molar-refractivity contribution in [3.63, 3.8) is 0 Å². The number of ether oxygens (including phenoxy) is 1. The lowest BCUT2D eigenvalue weighted by atomic mass is 9.84. The van der Waals surface area contributed by atoms with Gasteiger partial charge >= 0.3 is 5.97 Å². The molecule has 0 rings (SSSR count). The van der Waals surface area contributed by atoms with Crippen LogP contribution in [-0.4, -0.2) is 22.9 Å². The minimum Gasteiger partial charge on any atom is -0.339 e. The van der Waals surface area contributed by atoms with E-state index in [0.717, 1.165) is 0 Å². The van der Waals surface area contributed by atoms with Crippen LogP contribution in [0.25, 0.3) is 0 Å². The zero-order valence-corrected chi connectivity index (χ0v) is 11.1. The van der Waals surface area contributed by atoms with Crippen molar-refractivity contribution in [2.24, 2.45) is 16.6 Å². The van der Waals surface area contributed by atoms with Crippen LogP contribution in [0.1, 0.15) is 48.5 Å². The molecular formula is C12H26NO2+. The molecule has 15 heavy (non-hydrogen) atoms. The van der Waals surface area contributed by atoms with Crippen LogP contribution in [-0.2, 0) is 4.74 Å². The van der Waals surface area contributed by atoms with Gasteiger partial charge in [-0.05, 0) is 26.2 Å². The van der Waals surface area contributed by atoms with Crippen LogP contribution < -0.4 is 5.73 Å². The van der Waals surface area contributed by atoms with E-state index in [1.54, 1.807) is 0 Å². The van der Waals surface area contributed by atoms with E-state index in [0.29, 0.717) is 0 Å². The Bertz CT molecular complexity index is 223. The Kier molecular flexibility index (Phi) is 4.35. The largest absolute Gasteiger partial charge is 0.488 e. The summed E-state index contributed by atoms with van der Waals surface area (Å²) in [6.07, 6.45) is -0.191. The van der Waals surface area contributed by atoms with Crippen molar-refractivity contribution in [1.29, 1.82) is 0 Å². The molecule has 0 heterocycles. The predicted octanol–water partition coefficient (Wildman–Crippen LogP) is 2.31. The quantitative estimate of drug-likeness (QED) is 0.569. The minimum absolute atomic E-state index is 0.0302. The molecule has 90 valence electrons. The second kappa shape index (κ2) is 4.52. The number of hydrogen-bond acceptors (Lipinski definition) is 2. The van der Waals surface area contributed by atoms with Crippen LogP contribution in [0.5, 0.6) is 0 Å². The first kappa shape index (κ1) is 14.4. The maximum Gasteiger partial charge on any atom is 0.488 e. The van der Waals surface area contributed by atoms with Gasteiger partial charge in [-0.1, -0.05) is 20.8 Å². The molecule has 0 aromatic rings. The topological polar surface area (TPSA) is 56.6 Å². The Morgan fingerprint density at radius 2 is 1.53 bits per heavy atom. The average Bonchev–Trinajstić information content (AvgIpc) is 1.99. The van der Waals surface area contributed by atoms with Gasteiger partial charge in [-0.2, -0.15) is 0 Å². The highest BCUT2D eigenvalue weighted by Gasteiger charge is 2.38. The lowest BCUT2D eigenvalue weighted by Crippen LogP contribution is -2.46. The number of carbonyl (C=O) groups excluding carboxylic acids is 1. The molecule has 2 atom stereocenters. The van der Waals surface area contributed by atoms with Gasteiger partial charge in [-0.3, -0.25) is 0 Å². The standard InChI is InChI=1S/C12H25NO2/c1-8(9(13)11(2,3)4)15-10(14)12(5,6)7/h8-9H,13H2,1-7H3/p+1. The third kappa shape index (κ3) is 4.65. The van der Waals surface area contributed by atoms with Gasteiger partial charge in [0.15, 0.2) is 0 Å². The monoisotopic (exact) mass is 216 g/mol. The summed E-state index contributed by atoms with van der Waals surface area (Å²) in [5.41, 5.74) is 5.65. The summed E-state index contributed by atoms with van der Waals surface area (Å²) in [5.74, 6) is 0.0506. The Balaban J connectivity index is 4.39. The number of rotatable bonds is 2. The summed E-state index contributed by atoms with van der Waals surface area (Å²) in [5, 5.41) is 0. The summed E-state index contributed by atoms with van der Waals surface area (Å²) < 4.78 is 5.45. The van der Waals surface area contributed by atoms with E-state index in [-0.39, 0.29) is 28.9 Å². The van der Waals surface area contributed by atoms with Crippen molar-refractivity contribution in [3.05, 3.63) is 0 Å². The molecule has 2 unspecified atom stereocenters. The molecule has 0 aliphatic carbocycles. The van der Waals surface area contributed by atoms with Crippen LogP contribution >= 0.6 is 0 Å². The van der Waals surface area contributed by atoms with E-state index in [1.165, 1.54) is 0 Å². The molecule has 3 N–H and O–H groups in total. The summed E-state index contributed by atoms with van der Waals surface area (Å²) in [4.78, 5) is 9.71. The SMILES string of the molecule is CC(OC(=[OH+])C(C)(C)C)C(N)C(C)(C)C. The molecular weight excluding hydrogens is 190 g/mol. The second-order valence-electron chi connectivity index (χ2n) is 6.27. The highest BCUT2D eigenvalue weighted by atomic mass is 16.5. The fourth-order valence-electron chi connectivity index (χ4n) is 1.13. The number of hydrogen-bond donors (Lipinski definition) is 1. The molecule has 0 aromatic carbocycles.